The first-order valence-electron chi connectivity index (χ1n) is 4.92. The van der Waals surface area contributed by atoms with Gasteiger partial charge in [0.2, 0.25) is 0 Å². The Morgan fingerprint density at radius 3 is 2.55 bits per heavy atom. The highest BCUT2D eigenvalue weighted by molar-refractivity contribution is 4.67. The summed E-state index contributed by atoms with van der Waals surface area (Å²) in [7, 11) is 0. The standard InChI is InChI=1S/C11H22/c1-4-6-8-10-11(3)9-7-5-2/h5,11H,2,4,6-10H2,1,3H3. The molecule has 0 aliphatic heterocycles. The quantitative estimate of drug-likeness (QED) is 0.381. The van der Waals surface area contributed by atoms with Crippen LogP contribution >= 0.6 is 0 Å². The summed E-state index contributed by atoms with van der Waals surface area (Å²) in [5, 5.41) is 0. The van der Waals surface area contributed by atoms with E-state index in [9.17, 15) is 0 Å². The molecule has 0 amide bonds. The van der Waals surface area contributed by atoms with Gasteiger partial charge in [-0.1, -0.05) is 45.6 Å². The predicted octanol–water partition coefficient (Wildman–Crippen LogP) is 4.17. The topological polar surface area (TPSA) is 0 Å². The van der Waals surface area contributed by atoms with Gasteiger partial charge in [0.15, 0.2) is 0 Å². The van der Waals surface area contributed by atoms with Gasteiger partial charge in [0.25, 0.3) is 0 Å². The highest BCUT2D eigenvalue weighted by atomic mass is 14.0. The van der Waals surface area contributed by atoms with E-state index in [0.717, 1.165) is 5.92 Å². The van der Waals surface area contributed by atoms with Gasteiger partial charge in [-0.3, -0.25) is 0 Å². The zero-order valence-corrected chi connectivity index (χ0v) is 8.10. The third kappa shape index (κ3) is 7.64. The Kier molecular flexibility index (Phi) is 7.66. The normalized spacial score (nSPS) is 12.9. The highest BCUT2D eigenvalue weighted by Crippen LogP contribution is 2.14. The van der Waals surface area contributed by atoms with Crippen molar-refractivity contribution in [1.82, 2.24) is 0 Å². The van der Waals surface area contributed by atoms with E-state index in [4.69, 9.17) is 0 Å². The molecule has 1 atom stereocenters. The maximum Gasteiger partial charge on any atom is -0.0351 e. The molecule has 0 saturated carbocycles. The Labute approximate surface area is 71.7 Å². The maximum atomic E-state index is 3.73. The zero-order chi connectivity index (χ0) is 8.53. The van der Waals surface area contributed by atoms with Crippen molar-refractivity contribution in [2.75, 3.05) is 0 Å². The van der Waals surface area contributed by atoms with Gasteiger partial charge in [-0.25, -0.2) is 0 Å². The van der Waals surface area contributed by atoms with E-state index in [0.29, 0.717) is 0 Å². The molecule has 0 saturated heterocycles. The first-order valence-corrected chi connectivity index (χ1v) is 4.92. The van der Waals surface area contributed by atoms with Crippen molar-refractivity contribution in [3.05, 3.63) is 12.7 Å². The van der Waals surface area contributed by atoms with E-state index >= 15 is 0 Å². The van der Waals surface area contributed by atoms with Crippen LogP contribution < -0.4 is 0 Å². The minimum absolute atomic E-state index is 0.902. The summed E-state index contributed by atoms with van der Waals surface area (Å²) in [5.74, 6) is 0.902. The van der Waals surface area contributed by atoms with E-state index < -0.39 is 0 Å². The average Bonchev–Trinajstić information content (AvgIpc) is 2.01. The van der Waals surface area contributed by atoms with Crippen LogP contribution in [0, 0.1) is 5.92 Å². The number of unbranched alkanes of at least 4 members (excludes halogenated alkanes) is 2. The average molecular weight is 154 g/mol. The summed E-state index contributed by atoms with van der Waals surface area (Å²) >= 11 is 0. The van der Waals surface area contributed by atoms with Gasteiger partial charge in [0.05, 0.1) is 0 Å². The van der Waals surface area contributed by atoms with Crippen molar-refractivity contribution in [2.45, 2.75) is 52.4 Å². The van der Waals surface area contributed by atoms with Gasteiger partial charge >= 0.3 is 0 Å². The molecule has 0 aliphatic carbocycles. The second-order valence-corrected chi connectivity index (χ2v) is 3.47. The Bertz CT molecular complexity index is 84.0. The fraction of sp³-hybridized carbons (Fsp3) is 0.818. The minimum atomic E-state index is 0.902. The van der Waals surface area contributed by atoms with Crippen molar-refractivity contribution in [3.8, 4) is 0 Å². The minimum Gasteiger partial charge on any atom is -0.103 e. The molecular weight excluding hydrogens is 132 g/mol. The van der Waals surface area contributed by atoms with Crippen LogP contribution in [-0.4, -0.2) is 0 Å². The molecule has 0 heteroatoms. The summed E-state index contributed by atoms with van der Waals surface area (Å²) in [6, 6.07) is 0. The van der Waals surface area contributed by atoms with Crippen molar-refractivity contribution >= 4 is 0 Å². The second kappa shape index (κ2) is 7.84. The first kappa shape index (κ1) is 10.7. The monoisotopic (exact) mass is 154 g/mol. The second-order valence-electron chi connectivity index (χ2n) is 3.47. The Morgan fingerprint density at radius 1 is 1.27 bits per heavy atom. The van der Waals surface area contributed by atoms with Crippen molar-refractivity contribution in [3.63, 3.8) is 0 Å². The molecule has 0 aromatic carbocycles. The molecule has 1 unspecified atom stereocenters. The highest BCUT2D eigenvalue weighted by Gasteiger charge is 1.98. The van der Waals surface area contributed by atoms with Gasteiger partial charge in [0, 0.05) is 0 Å². The summed E-state index contributed by atoms with van der Waals surface area (Å²) in [4.78, 5) is 0. The summed E-state index contributed by atoms with van der Waals surface area (Å²) in [6.45, 7) is 8.33. The lowest BCUT2D eigenvalue weighted by Gasteiger charge is -2.08. The Morgan fingerprint density at radius 2 is 2.00 bits per heavy atom. The fourth-order valence-corrected chi connectivity index (χ4v) is 1.29. The molecule has 0 N–H and O–H groups in total. The van der Waals surface area contributed by atoms with Crippen LogP contribution in [0.3, 0.4) is 0 Å². The van der Waals surface area contributed by atoms with E-state index in [-0.39, 0.29) is 0 Å². The number of hydrogen-bond acceptors (Lipinski definition) is 0. The molecule has 0 aromatic heterocycles. The summed E-state index contributed by atoms with van der Waals surface area (Å²) < 4.78 is 0. The molecule has 0 fully saturated rings. The lowest BCUT2D eigenvalue weighted by Crippen LogP contribution is -1.93. The van der Waals surface area contributed by atoms with Crippen LogP contribution in [0.5, 0.6) is 0 Å². The molecule has 11 heavy (non-hydrogen) atoms. The SMILES string of the molecule is C=CCCC(C)CCCCC. The number of allylic oxidation sites excluding steroid dienone is 1. The zero-order valence-electron chi connectivity index (χ0n) is 8.10. The molecule has 0 nitrogen and oxygen atoms in total. The van der Waals surface area contributed by atoms with Gasteiger partial charge in [-0.05, 0) is 18.8 Å². The molecule has 0 spiro atoms. The van der Waals surface area contributed by atoms with Crippen LogP contribution in [-0.2, 0) is 0 Å². The van der Waals surface area contributed by atoms with E-state index in [1.165, 1.54) is 38.5 Å². The number of rotatable bonds is 7. The first-order chi connectivity index (χ1) is 5.31. The molecular formula is C11H22. The largest absolute Gasteiger partial charge is 0.103 e. The van der Waals surface area contributed by atoms with Crippen LogP contribution in [0.4, 0.5) is 0 Å². The smallest absolute Gasteiger partial charge is 0.0351 e. The van der Waals surface area contributed by atoms with Crippen LogP contribution in [0.25, 0.3) is 0 Å². The molecule has 0 bridgehead atoms. The van der Waals surface area contributed by atoms with Crippen molar-refractivity contribution in [1.29, 1.82) is 0 Å². The fourth-order valence-electron chi connectivity index (χ4n) is 1.29. The van der Waals surface area contributed by atoms with Crippen molar-refractivity contribution in [2.24, 2.45) is 5.92 Å². The van der Waals surface area contributed by atoms with Crippen LogP contribution in [0.1, 0.15) is 52.4 Å². The maximum absolute atomic E-state index is 3.73. The van der Waals surface area contributed by atoms with E-state index in [1.807, 2.05) is 6.08 Å². The van der Waals surface area contributed by atoms with E-state index in [1.54, 1.807) is 0 Å². The lowest BCUT2D eigenvalue weighted by molar-refractivity contribution is 0.468. The molecule has 66 valence electrons. The molecule has 0 heterocycles. The predicted molar refractivity (Wildman–Crippen MR) is 52.7 cm³/mol. The third-order valence-corrected chi connectivity index (χ3v) is 2.16. The molecule has 0 radical (unpaired) electrons. The Balaban J connectivity index is 3.08. The van der Waals surface area contributed by atoms with Gasteiger partial charge in [0.1, 0.15) is 0 Å². The van der Waals surface area contributed by atoms with Crippen molar-refractivity contribution < 1.29 is 0 Å². The lowest BCUT2D eigenvalue weighted by atomic mass is 9.98. The molecule has 0 rings (SSSR count). The van der Waals surface area contributed by atoms with Gasteiger partial charge in [-0.15, -0.1) is 6.58 Å². The van der Waals surface area contributed by atoms with Crippen LogP contribution in [0.15, 0.2) is 12.7 Å². The van der Waals surface area contributed by atoms with Gasteiger partial charge in [-0.2, -0.15) is 0 Å². The third-order valence-electron chi connectivity index (χ3n) is 2.16. The van der Waals surface area contributed by atoms with E-state index in [2.05, 4.69) is 20.4 Å². The Hall–Kier alpha value is -0.260. The molecule has 0 aromatic rings. The van der Waals surface area contributed by atoms with Gasteiger partial charge < -0.3 is 0 Å². The summed E-state index contributed by atoms with van der Waals surface area (Å²) in [5.41, 5.74) is 0. The number of hydrogen-bond donors (Lipinski definition) is 0. The van der Waals surface area contributed by atoms with Crippen LogP contribution in [0.2, 0.25) is 0 Å². The molecule has 0 aliphatic rings. The summed E-state index contributed by atoms with van der Waals surface area (Å²) in [6.07, 6.45) is 10.1.